The lowest BCUT2D eigenvalue weighted by atomic mass is 9.74. The van der Waals surface area contributed by atoms with Crippen molar-refractivity contribution in [1.82, 2.24) is 4.98 Å². The highest BCUT2D eigenvalue weighted by Crippen LogP contribution is 2.47. The number of carbonyl (C=O) groups is 1. The quantitative estimate of drug-likeness (QED) is 0.815. The van der Waals surface area contributed by atoms with Crippen LogP contribution in [0.15, 0.2) is 30.5 Å². The van der Waals surface area contributed by atoms with Crippen molar-refractivity contribution in [2.45, 2.75) is 24.6 Å². The maximum absolute atomic E-state index is 14.8. The van der Waals surface area contributed by atoms with Gasteiger partial charge in [0.25, 0.3) is 0 Å². The van der Waals surface area contributed by atoms with Crippen LogP contribution in [0.3, 0.4) is 0 Å². The molecule has 2 aromatic rings. The van der Waals surface area contributed by atoms with Gasteiger partial charge in [0.2, 0.25) is 0 Å². The van der Waals surface area contributed by atoms with Crippen molar-refractivity contribution in [3.05, 3.63) is 41.6 Å². The molecule has 0 radical (unpaired) electrons. The molecule has 0 bridgehead atoms. The number of nitrogens with zero attached hydrogens (tertiary/aromatic N) is 1. The van der Waals surface area contributed by atoms with Crippen LogP contribution in [0, 0.1) is 0 Å². The molecule has 1 saturated carbocycles. The van der Waals surface area contributed by atoms with Crippen LogP contribution < -0.4 is 0 Å². The summed E-state index contributed by atoms with van der Waals surface area (Å²) in [4.78, 5) is 16.0. The number of benzene rings is 1. The highest BCUT2D eigenvalue weighted by Gasteiger charge is 2.46. The van der Waals surface area contributed by atoms with Gasteiger partial charge in [-0.1, -0.05) is 6.07 Å². The molecule has 1 heterocycles. The van der Waals surface area contributed by atoms with Gasteiger partial charge in [-0.25, -0.2) is 9.18 Å². The summed E-state index contributed by atoms with van der Waals surface area (Å²) in [6.07, 6.45) is 2.18. The van der Waals surface area contributed by atoms with E-state index in [4.69, 9.17) is 9.47 Å². The number of carbonyl (C=O) groups excluding carboxylic acids is 1. The number of methoxy groups -OCH3 is 2. The number of alkyl halides is 1. The Morgan fingerprint density at radius 2 is 2.10 bits per heavy atom. The van der Waals surface area contributed by atoms with Crippen molar-refractivity contribution in [3.63, 3.8) is 0 Å². The molecule has 0 spiro atoms. The van der Waals surface area contributed by atoms with E-state index in [1.165, 1.54) is 7.11 Å². The Morgan fingerprint density at radius 1 is 1.33 bits per heavy atom. The monoisotopic (exact) mass is 289 g/mol. The molecule has 1 aromatic carbocycles. The summed E-state index contributed by atoms with van der Waals surface area (Å²) in [6, 6.07) is 6.74. The van der Waals surface area contributed by atoms with Gasteiger partial charge in [0.1, 0.15) is 5.67 Å². The normalized spacial score (nSPS) is 24.6. The van der Waals surface area contributed by atoms with Gasteiger partial charge >= 0.3 is 5.97 Å². The number of hydrogen-bond acceptors (Lipinski definition) is 4. The zero-order chi connectivity index (χ0) is 15.0. The maximum atomic E-state index is 14.8. The van der Waals surface area contributed by atoms with E-state index in [9.17, 15) is 9.18 Å². The van der Waals surface area contributed by atoms with E-state index in [-0.39, 0.29) is 6.10 Å². The molecule has 1 aromatic heterocycles. The molecule has 5 heteroatoms. The van der Waals surface area contributed by atoms with Crippen LogP contribution in [0.4, 0.5) is 4.39 Å². The van der Waals surface area contributed by atoms with Crippen LogP contribution in [0.1, 0.15) is 28.8 Å². The number of ether oxygens (including phenoxy) is 2. The van der Waals surface area contributed by atoms with E-state index in [1.54, 1.807) is 37.6 Å². The number of hydrogen-bond donors (Lipinski definition) is 0. The second-order valence-electron chi connectivity index (χ2n) is 5.31. The predicted octanol–water partition coefficient (Wildman–Crippen LogP) is 3.00. The average molecular weight is 289 g/mol. The van der Waals surface area contributed by atoms with Crippen molar-refractivity contribution in [2.24, 2.45) is 0 Å². The molecule has 0 amide bonds. The fourth-order valence-electron chi connectivity index (χ4n) is 2.78. The molecular formula is C16H16FNO3. The molecule has 0 unspecified atom stereocenters. The van der Waals surface area contributed by atoms with Gasteiger partial charge in [0, 0.05) is 31.5 Å². The highest BCUT2D eigenvalue weighted by atomic mass is 19.1. The molecule has 110 valence electrons. The van der Waals surface area contributed by atoms with Crippen LogP contribution >= 0.6 is 0 Å². The Balaban J connectivity index is 2.05. The number of fused-ring (bicyclic) bond motifs is 1. The molecule has 1 aliphatic rings. The first-order chi connectivity index (χ1) is 10.1. The second kappa shape index (κ2) is 5.07. The first-order valence-electron chi connectivity index (χ1n) is 6.76. The number of aromatic nitrogens is 1. The molecule has 0 saturated heterocycles. The molecule has 1 fully saturated rings. The first-order valence-corrected chi connectivity index (χ1v) is 6.76. The Bertz CT molecular complexity index is 695. The lowest BCUT2D eigenvalue weighted by molar-refractivity contribution is -0.0821. The fourth-order valence-corrected chi connectivity index (χ4v) is 2.78. The van der Waals surface area contributed by atoms with Crippen molar-refractivity contribution in [1.29, 1.82) is 0 Å². The standard InChI is InChI=1S/C16H16FNO3/c1-20-11-8-16(17,9-11)10-3-4-14-13(7-10)12(5-6-18-14)15(19)21-2/h3-7,11H,8-9H2,1-2H3. The topological polar surface area (TPSA) is 48.4 Å². The molecule has 0 N–H and O–H groups in total. The van der Waals surface area contributed by atoms with Crippen molar-refractivity contribution in [3.8, 4) is 0 Å². The number of rotatable bonds is 3. The van der Waals surface area contributed by atoms with Gasteiger partial charge in [0.05, 0.1) is 24.3 Å². The molecular weight excluding hydrogens is 273 g/mol. The Kier molecular flexibility index (Phi) is 3.37. The van der Waals surface area contributed by atoms with Crippen LogP contribution in [-0.2, 0) is 15.1 Å². The van der Waals surface area contributed by atoms with Gasteiger partial charge in [-0.15, -0.1) is 0 Å². The third-order valence-electron chi connectivity index (χ3n) is 4.10. The SMILES string of the molecule is COC(=O)c1ccnc2ccc(C3(F)CC(OC)C3)cc12. The second-order valence-corrected chi connectivity index (χ2v) is 5.31. The lowest BCUT2D eigenvalue weighted by Gasteiger charge is -2.40. The summed E-state index contributed by atoms with van der Waals surface area (Å²) in [5.41, 5.74) is 0.211. The van der Waals surface area contributed by atoms with E-state index < -0.39 is 11.6 Å². The van der Waals surface area contributed by atoms with Crippen molar-refractivity contribution in [2.75, 3.05) is 14.2 Å². The predicted molar refractivity (Wildman–Crippen MR) is 75.9 cm³/mol. The number of esters is 1. The van der Waals surface area contributed by atoms with E-state index >= 15 is 0 Å². The van der Waals surface area contributed by atoms with Crippen LogP contribution in [-0.4, -0.2) is 31.3 Å². The average Bonchev–Trinajstić information content (AvgIpc) is 2.49. The van der Waals surface area contributed by atoms with Gasteiger partial charge in [-0.05, 0) is 23.8 Å². The van der Waals surface area contributed by atoms with E-state index in [2.05, 4.69) is 4.98 Å². The van der Waals surface area contributed by atoms with Gasteiger partial charge < -0.3 is 9.47 Å². The zero-order valence-electron chi connectivity index (χ0n) is 11.9. The number of pyridine rings is 1. The molecule has 0 aliphatic heterocycles. The molecule has 1 aliphatic carbocycles. The molecule has 21 heavy (non-hydrogen) atoms. The van der Waals surface area contributed by atoms with Gasteiger partial charge in [-0.2, -0.15) is 0 Å². The van der Waals surface area contributed by atoms with E-state index in [0.717, 1.165) is 0 Å². The van der Waals surface area contributed by atoms with Crippen molar-refractivity contribution >= 4 is 16.9 Å². The summed E-state index contributed by atoms with van der Waals surface area (Å²) in [5.74, 6) is -0.448. The highest BCUT2D eigenvalue weighted by molar-refractivity contribution is 6.03. The van der Waals surface area contributed by atoms with Crippen LogP contribution in [0.25, 0.3) is 10.9 Å². The van der Waals surface area contributed by atoms with Crippen molar-refractivity contribution < 1.29 is 18.7 Å². The number of halogens is 1. The van der Waals surface area contributed by atoms with Gasteiger partial charge in [-0.3, -0.25) is 4.98 Å². The Labute approximate surface area is 121 Å². The largest absolute Gasteiger partial charge is 0.465 e. The zero-order valence-corrected chi connectivity index (χ0v) is 11.9. The third-order valence-corrected chi connectivity index (χ3v) is 4.10. The minimum atomic E-state index is -1.39. The molecule has 3 rings (SSSR count). The summed E-state index contributed by atoms with van der Waals surface area (Å²) < 4.78 is 24.7. The minimum absolute atomic E-state index is 0.0420. The Morgan fingerprint density at radius 3 is 2.76 bits per heavy atom. The van der Waals surface area contributed by atoms with Gasteiger partial charge in [0.15, 0.2) is 0 Å². The summed E-state index contributed by atoms with van der Waals surface area (Å²) in [5, 5.41) is 0.611. The van der Waals surface area contributed by atoms with Crippen LogP contribution in [0.2, 0.25) is 0 Å². The lowest BCUT2D eigenvalue weighted by Crippen LogP contribution is -2.42. The first kappa shape index (κ1) is 13.9. The van der Waals surface area contributed by atoms with E-state index in [1.807, 2.05) is 0 Å². The summed E-state index contributed by atoms with van der Waals surface area (Å²) in [6.45, 7) is 0. The minimum Gasteiger partial charge on any atom is -0.465 e. The maximum Gasteiger partial charge on any atom is 0.338 e. The molecule has 0 atom stereocenters. The van der Waals surface area contributed by atoms with Crippen LogP contribution in [0.5, 0.6) is 0 Å². The summed E-state index contributed by atoms with van der Waals surface area (Å²) in [7, 11) is 2.91. The molecule has 4 nitrogen and oxygen atoms in total. The third kappa shape index (κ3) is 2.27. The fraction of sp³-hybridized carbons (Fsp3) is 0.375. The summed E-state index contributed by atoms with van der Waals surface area (Å²) >= 11 is 0. The van der Waals surface area contributed by atoms with E-state index in [0.29, 0.717) is 34.9 Å². The Hall–Kier alpha value is -2.01. The smallest absolute Gasteiger partial charge is 0.338 e.